The highest BCUT2D eigenvalue weighted by atomic mass is 79.9. The number of benzene rings is 1. The third-order valence-corrected chi connectivity index (χ3v) is 5.79. The van der Waals surface area contributed by atoms with E-state index >= 15 is 0 Å². The minimum atomic E-state index is 0.608. The van der Waals surface area contributed by atoms with Crippen LogP contribution in [0.3, 0.4) is 0 Å². The van der Waals surface area contributed by atoms with Crippen molar-refractivity contribution in [2.24, 2.45) is 0 Å². The van der Waals surface area contributed by atoms with Gasteiger partial charge in [-0.3, -0.25) is 0 Å². The Kier molecular flexibility index (Phi) is 6.75. The van der Waals surface area contributed by atoms with Crippen molar-refractivity contribution in [3.8, 4) is 0 Å². The van der Waals surface area contributed by atoms with Crippen molar-refractivity contribution in [1.29, 1.82) is 0 Å². The Morgan fingerprint density at radius 2 is 1.95 bits per heavy atom. The van der Waals surface area contributed by atoms with Gasteiger partial charge in [0.2, 0.25) is 0 Å². The molecule has 19 heavy (non-hydrogen) atoms. The van der Waals surface area contributed by atoms with E-state index in [9.17, 15) is 0 Å². The molecule has 1 nitrogen and oxygen atoms in total. The Morgan fingerprint density at radius 1 is 1.26 bits per heavy atom. The maximum Gasteiger partial charge on any atom is 0.0198 e. The minimum absolute atomic E-state index is 0.608. The fourth-order valence-electron chi connectivity index (χ4n) is 2.69. The Hall–Kier alpha value is 0.01000. The second-order valence-electron chi connectivity index (χ2n) is 5.32. The van der Waals surface area contributed by atoms with Gasteiger partial charge in [0.1, 0.15) is 0 Å². The lowest BCUT2D eigenvalue weighted by atomic mass is 10.1. The van der Waals surface area contributed by atoms with E-state index in [2.05, 4.69) is 64.2 Å². The van der Waals surface area contributed by atoms with Gasteiger partial charge in [0.05, 0.1) is 0 Å². The molecule has 0 bridgehead atoms. The molecular formula is C16H24BrNS. The predicted octanol–water partition coefficient (Wildman–Crippen LogP) is 4.65. The number of hydrogen-bond donors (Lipinski definition) is 1. The summed E-state index contributed by atoms with van der Waals surface area (Å²) in [7, 11) is 0. The molecule has 106 valence electrons. The molecular weight excluding hydrogens is 318 g/mol. The van der Waals surface area contributed by atoms with Crippen LogP contribution < -0.4 is 5.32 Å². The summed E-state index contributed by atoms with van der Waals surface area (Å²) in [5.74, 6) is 1.24. The van der Waals surface area contributed by atoms with Gasteiger partial charge in [-0.1, -0.05) is 47.8 Å². The van der Waals surface area contributed by atoms with Crippen LogP contribution in [-0.4, -0.2) is 23.6 Å². The molecule has 0 aliphatic heterocycles. The highest BCUT2D eigenvalue weighted by molar-refractivity contribution is 9.10. The average molecular weight is 342 g/mol. The fourth-order valence-corrected chi connectivity index (χ4v) is 4.36. The molecule has 1 saturated carbocycles. The Labute approximate surface area is 130 Å². The molecule has 1 fully saturated rings. The van der Waals surface area contributed by atoms with Gasteiger partial charge in [-0.05, 0) is 43.5 Å². The highest BCUT2D eigenvalue weighted by Crippen LogP contribution is 2.30. The normalized spacial score (nSPS) is 17.8. The topological polar surface area (TPSA) is 12.0 Å². The highest BCUT2D eigenvalue weighted by Gasteiger charge is 2.17. The smallest absolute Gasteiger partial charge is 0.0198 e. The van der Waals surface area contributed by atoms with Crippen LogP contribution in [0.25, 0.3) is 0 Å². The SMILES string of the molecule is CCNC(CSC1CCCC1)Cc1ccc(Br)cc1. The molecule has 0 radical (unpaired) electrons. The summed E-state index contributed by atoms with van der Waals surface area (Å²) in [5, 5.41) is 4.56. The summed E-state index contributed by atoms with van der Waals surface area (Å²) in [4.78, 5) is 0. The van der Waals surface area contributed by atoms with Crippen LogP contribution in [0.4, 0.5) is 0 Å². The zero-order valence-corrected chi connectivity index (χ0v) is 14.1. The third-order valence-electron chi connectivity index (χ3n) is 3.72. The molecule has 0 spiro atoms. The van der Waals surface area contributed by atoms with Crippen LogP contribution in [0, 0.1) is 0 Å². The van der Waals surface area contributed by atoms with Gasteiger partial charge in [0, 0.05) is 21.5 Å². The van der Waals surface area contributed by atoms with Crippen LogP contribution in [-0.2, 0) is 6.42 Å². The summed E-state index contributed by atoms with van der Waals surface area (Å²) in [6.45, 7) is 3.27. The number of likely N-dealkylation sites (N-methyl/N-ethyl adjacent to an activating group) is 1. The number of rotatable bonds is 7. The van der Waals surface area contributed by atoms with Gasteiger partial charge in [-0.2, -0.15) is 11.8 Å². The lowest BCUT2D eigenvalue weighted by molar-refractivity contribution is 0.571. The molecule has 3 heteroatoms. The zero-order chi connectivity index (χ0) is 13.5. The Bertz CT molecular complexity index is 360. The maximum absolute atomic E-state index is 3.64. The first-order valence-electron chi connectivity index (χ1n) is 7.37. The van der Waals surface area contributed by atoms with Crippen molar-refractivity contribution in [1.82, 2.24) is 5.32 Å². The van der Waals surface area contributed by atoms with E-state index in [1.54, 1.807) is 0 Å². The summed E-state index contributed by atoms with van der Waals surface area (Å²) in [6.07, 6.45) is 6.89. The number of thioether (sulfide) groups is 1. The predicted molar refractivity (Wildman–Crippen MR) is 90.0 cm³/mol. The molecule has 1 aromatic rings. The Morgan fingerprint density at radius 3 is 2.58 bits per heavy atom. The first-order valence-corrected chi connectivity index (χ1v) is 9.21. The molecule has 1 atom stereocenters. The van der Waals surface area contributed by atoms with E-state index in [0.29, 0.717) is 6.04 Å². The molecule has 1 aliphatic carbocycles. The van der Waals surface area contributed by atoms with Crippen LogP contribution >= 0.6 is 27.7 Å². The molecule has 1 N–H and O–H groups in total. The van der Waals surface area contributed by atoms with Gasteiger partial charge in [-0.15, -0.1) is 0 Å². The van der Waals surface area contributed by atoms with E-state index in [1.165, 1.54) is 37.0 Å². The largest absolute Gasteiger partial charge is 0.313 e. The van der Waals surface area contributed by atoms with E-state index in [1.807, 2.05) is 0 Å². The number of halogens is 1. The van der Waals surface area contributed by atoms with E-state index in [-0.39, 0.29) is 0 Å². The molecule has 0 saturated heterocycles. The van der Waals surface area contributed by atoms with Crippen LogP contribution in [0.2, 0.25) is 0 Å². The Balaban J connectivity index is 1.82. The average Bonchev–Trinajstić information content (AvgIpc) is 2.92. The van der Waals surface area contributed by atoms with Crippen molar-refractivity contribution in [2.75, 3.05) is 12.3 Å². The van der Waals surface area contributed by atoms with Crippen molar-refractivity contribution in [3.63, 3.8) is 0 Å². The van der Waals surface area contributed by atoms with Crippen LogP contribution in [0.1, 0.15) is 38.2 Å². The number of nitrogens with one attached hydrogen (secondary N) is 1. The maximum atomic E-state index is 3.64. The fraction of sp³-hybridized carbons (Fsp3) is 0.625. The monoisotopic (exact) mass is 341 g/mol. The molecule has 1 aromatic carbocycles. The van der Waals surface area contributed by atoms with Crippen molar-refractivity contribution in [3.05, 3.63) is 34.3 Å². The lowest BCUT2D eigenvalue weighted by Gasteiger charge is -2.19. The van der Waals surface area contributed by atoms with E-state index < -0.39 is 0 Å². The van der Waals surface area contributed by atoms with Gasteiger partial charge in [0.25, 0.3) is 0 Å². The van der Waals surface area contributed by atoms with E-state index in [4.69, 9.17) is 0 Å². The van der Waals surface area contributed by atoms with Crippen molar-refractivity contribution < 1.29 is 0 Å². The molecule has 1 aliphatic rings. The molecule has 1 unspecified atom stereocenters. The summed E-state index contributed by atoms with van der Waals surface area (Å²) in [5.41, 5.74) is 1.43. The quantitative estimate of drug-likeness (QED) is 0.774. The van der Waals surface area contributed by atoms with Gasteiger partial charge < -0.3 is 5.32 Å². The van der Waals surface area contributed by atoms with E-state index in [0.717, 1.165) is 22.7 Å². The molecule has 0 aromatic heterocycles. The van der Waals surface area contributed by atoms with Gasteiger partial charge >= 0.3 is 0 Å². The molecule has 2 rings (SSSR count). The summed E-state index contributed by atoms with van der Waals surface area (Å²) < 4.78 is 1.16. The zero-order valence-electron chi connectivity index (χ0n) is 11.7. The standard InChI is InChI=1S/C16H24BrNS/c1-2-18-15(12-19-16-5-3-4-6-16)11-13-7-9-14(17)10-8-13/h7-10,15-16,18H,2-6,11-12H2,1H3. The first kappa shape index (κ1) is 15.4. The van der Waals surface area contributed by atoms with Crippen LogP contribution in [0.15, 0.2) is 28.7 Å². The molecule has 0 heterocycles. The van der Waals surface area contributed by atoms with Gasteiger partial charge in [-0.25, -0.2) is 0 Å². The minimum Gasteiger partial charge on any atom is -0.313 e. The molecule has 0 amide bonds. The summed E-state index contributed by atoms with van der Waals surface area (Å²) >= 11 is 5.68. The number of hydrogen-bond acceptors (Lipinski definition) is 2. The van der Waals surface area contributed by atoms with Crippen molar-refractivity contribution >= 4 is 27.7 Å². The third kappa shape index (κ3) is 5.49. The lowest BCUT2D eigenvalue weighted by Crippen LogP contribution is -2.33. The second kappa shape index (κ2) is 8.33. The van der Waals surface area contributed by atoms with Gasteiger partial charge in [0.15, 0.2) is 0 Å². The van der Waals surface area contributed by atoms with Crippen LogP contribution in [0.5, 0.6) is 0 Å². The second-order valence-corrected chi connectivity index (χ2v) is 7.57. The van der Waals surface area contributed by atoms with Crippen molar-refractivity contribution in [2.45, 2.75) is 50.3 Å². The first-order chi connectivity index (χ1) is 9.28. The summed E-state index contributed by atoms with van der Waals surface area (Å²) in [6, 6.07) is 9.35.